The molecule has 0 radical (unpaired) electrons. The summed E-state index contributed by atoms with van der Waals surface area (Å²) >= 11 is 1.68. The molecule has 0 bridgehead atoms. The lowest BCUT2D eigenvalue weighted by molar-refractivity contribution is -0.116. The SMILES string of the molecule is CC1=C(C(=O)Nc2ccccn2)[C@H](c2ccccn2)C2=C(C[C@@H](c3cccs3)CC2=O)N1. The van der Waals surface area contributed by atoms with Crippen LogP contribution in [0.4, 0.5) is 5.82 Å². The molecule has 32 heavy (non-hydrogen) atoms. The number of dihydropyridines is 1. The smallest absolute Gasteiger partial charge is 0.255 e. The van der Waals surface area contributed by atoms with Gasteiger partial charge in [0.15, 0.2) is 5.78 Å². The second-order valence-corrected chi connectivity index (χ2v) is 8.94. The highest BCUT2D eigenvalue weighted by Crippen LogP contribution is 2.45. The normalized spacial score (nSPS) is 20.6. The highest BCUT2D eigenvalue weighted by atomic mass is 32.1. The molecule has 160 valence electrons. The largest absolute Gasteiger partial charge is 0.362 e. The lowest BCUT2D eigenvalue weighted by Gasteiger charge is -2.36. The van der Waals surface area contributed by atoms with Crippen LogP contribution in [0.5, 0.6) is 0 Å². The van der Waals surface area contributed by atoms with Crippen molar-refractivity contribution in [2.45, 2.75) is 31.6 Å². The Morgan fingerprint density at radius 3 is 2.56 bits per heavy atom. The minimum absolute atomic E-state index is 0.0587. The van der Waals surface area contributed by atoms with E-state index in [0.29, 0.717) is 29.1 Å². The number of hydrogen-bond donors (Lipinski definition) is 2. The number of allylic oxidation sites excluding steroid dienone is 3. The van der Waals surface area contributed by atoms with Gasteiger partial charge in [0.1, 0.15) is 5.82 Å². The summed E-state index contributed by atoms with van der Waals surface area (Å²) in [5.74, 6) is -0.139. The van der Waals surface area contributed by atoms with E-state index in [4.69, 9.17) is 0 Å². The lowest BCUT2D eigenvalue weighted by Crippen LogP contribution is -2.37. The van der Waals surface area contributed by atoms with E-state index in [-0.39, 0.29) is 17.6 Å². The van der Waals surface area contributed by atoms with Crippen molar-refractivity contribution in [2.75, 3.05) is 5.32 Å². The number of ketones is 1. The molecule has 3 aromatic heterocycles. The molecular formula is C25H22N4O2S. The first-order valence-electron chi connectivity index (χ1n) is 10.5. The highest BCUT2D eigenvalue weighted by molar-refractivity contribution is 7.10. The Morgan fingerprint density at radius 1 is 1.06 bits per heavy atom. The van der Waals surface area contributed by atoms with E-state index in [2.05, 4.69) is 26.7 Å². The van der Waals surface area contributed by atoms with Gasteiger partial charge in [-0.25, -0.2) is 4.98 Å². The molecule has 3 aromatic rings. The molecule has 5 rings (SSSR count). The first-order valence-corrected chi connectivity index (χ1v) is 11.4. The first kappa shape index (κ1) is 20.3. The quantitative estimate of drug-likeness (QED) is 0.620. The summed E-state index contributed by atoms with van der Waals surface area (Å²) in [6.45, 7) is 1.88. The van der Waals surface area contributed by atoms with Crippen molar-refractivity contribution in [1.82, 2.24) is 15.3 Å². The summed E-state index contributed by atoms with van der Waals surface area (Å²) in [5.41, 5.74) is 3.45. The number of nitrogens with zero attached hydrogens (tertiary/aromatic N) is 2. The molecule has 0 saturated carbocycles. The van der Waals surface area contributed by atoms with E-state index in [1.165, 1.54) is 4.88 Å². The molecule has 1 aliphatic heterocycles. The van der Waals surface area contributed by atoms with Crippen molar-refractivity contribution in [3.63, 3.8) is 0 Å². The second-order valence-electron chi connectivity index (χ2n) is 7.96. The molecule has 0 unspecified atom stereocenters. The number of carbonyl (C=O) groups is 2. The maximum absolute atomic E-state index is 13.5. The third-order valence-electron chi connectivity index (χ3n) is 5.91. The summed E-state index contributed by atoms with van der Waals surface area (Å²) in [4.78, 5) is 36.8. The van der Waals surface area contributed by atoms with Crippen LogP contribution < -0.4 is 10.6 Å². The fraction of sp³-hybridized carbons (Fsp3) is 0.200. The van der Waals surface area contributed by atoms with Crippen molar-refractivity contribution in [3.05, 3.63) is 99.4 Å². The number of aromatic nitrogens is 2. The van der Waals surface area contributed by atoms with Crippen molar-refractivity contribution in [3.8, 4) is 0 Å². The van der Waals surface area contributed by atoms with Crippen molar-refractivity contribution >= 4 is 28.8 Å². The number of pyridine rings is 2. The highest BCUT2D eigenvalue weighted by Gasteiger charge is 2.41. The summed E-state index contributed by atoms with van der Waals surface area (Å²) in [6.07, 6.45) is 4.49. The van der Waals surface area contributed by atoms with Gasteiger partial charge in [0.05, 0.1) is 11.6 Å². The second kappa shape index (κ2) is 8.51. The standard InChI is InChI=1S/C25H22N4O2S/c1-15-22(25(31)29-21-9-3-5-11-27-21)24(17-7-2-4-10-26-17)23-18(28-15)13-16(14-19(23)30)20-8-6-12-32-20/h2-12,16,24,28H,13-14H2,1H3,(H,27,29,31)/t16-,24+/m1/s1. The minimum Gasteiger partial charge on any atom is -0.362 e. The molecule has 0 fully saturated rings. The predicted octanol–water partition coefficient (Wildman–Crippen LogP) is 4.54. The fourth-order valence-electron chi connectivity index (χ4n) is 4.53. The minimum atomic E-state index is -0.520. The van der Waals surface area contributed by atoms with E-state index < -0.39 is 5.92 Å². The number of nitrogens with one attached hydrogen (secondary N) is 2. The fourth-order valence-corrected chi connectivity index (χ4v) is 5.36. The first-order chi connectivity index (χ1) is 15.6. The number of carbonyl (C=O) groups excluding carboxylic acids is 2. The van der Waals surface area contributed by atoms with E-state index in [9.17, 15) is 9.59 Å². The zero-order chi connectivity index (χ0) is 22.1. The van der Waals surface area contributed by atoms with Crippen LogP contribution in [-0.4, -0.2) is 21.7 Å². The van der Waals surface area contributed by atoms with E-state index in [1.807, 2.05) is 42.6 Å². The van der Waals surface area contributed by atoms with Gasteiger partial charge in [0, 0.05) is 52.1 Å². The molecule has 1 aliphatic carbocycles. The van der Waals surface area contributed by atoms with Gasteiger partial charge in [-0.1, -0.05) is 18.2 Å². The van der Waals surface area contributed by atoms with E-state index >= 15 is 0 Å². The van der Waals surface area contributed by atoms with Gasteiger partial charge in [-0.15, -0.1) is 11.3 Å². The number of amides is 1. The lowest BCUT2D eigenvalue weighted by atomic mass is 9.73. The maximum Gasteiger partial charge on any atom is 0.255 e. The Labute approximate surface area is 190 Å². The molecule has 0 saturated heterocycles. The topological polar surface area (TPSA) is 84.0 Å². The van der Waals surface area contributed by atoms with E-state index in [1.54, 1.807) is 35.9 Å². The van der Waals surface area contributed by atoms with Crippen molar-refractivity contribution < 1.29 is 9.59 Å². The number of Topliss-reactive ketones (excluding diaryl/α,β-unsaturated/α-hetero) is 1. The number of anilines is 1. The van der Waals surface area contributed by atoms with Gasteiger partial charge >= 0.3 is 0 Å². The molecule has 0 aromatic carbocycles. The third-order valence-corrected chi connectivity index (χ3v) is 6.94. The zero-order valence-electron chi connectivity index (χ0n) is 17.5. The van der Waals surface area contributed by atoms with Crippen LogP contribution in [0.3, 0.4) is 0 Å². The van der Waals surface area contributed by atoms with Crippen LogP contribution in [-0.2, 0) is 9.59 Å². The van der Waals surface area contributed by atoms with Gasteiger partial charge in [0.25, 0.3) is 5.91 Å². The van der Waals surface area contributed by atoms with Gasteiger partial charge < -0.3 is 10.6 Å². The van der Waals surface area contributed by atoms with Gasteiger partial charge in [-0.2, -0.15) is 0 Å². The molecule has 0 spiro atoms. The molecule has 6 nitrogen and oxygen atoms in total. The Kier molecular flexibility index (Phi) is 5.41. The van der Waals surface area contributed by atoms with Crippen LogP contribution in [0.1, 0.15) is 42.2 Å². The molecule has 7 heteroatoms. The Balaban J connectivity index is 1.56. The molecular weight excluding hydrogens is 420 g/mol. The molecule has 1 amide bonds. The summed E-state index contributed by atoms with van der Waals surface area (Å²) < 4.78 is 0. The maximum atomic E-state index is 13.5. The number of hydrogen-bond acceptors (Lipinski definition) is 6. The molecule has 4 heterocycles. The molecule has 2 atom stereocenters. The molecule has 2 aliphatic rings. The van der Waals surface area contributed by atoms with Gasteiger partial charge in [-0.05, 0) is 49.1 Å². The average Bonchev–Trinajstić information content (AvgIpc) is 3.34. The number of rotatable bonds is 4. The number of thiophene rings is 1. The van der Waals surface area contributed by atoms with E-state index in [0.717, 1.165) is 17.8 Å². The van der Waals surface area contributed by atoms with Crippen LogP contribution >= 0.6 is 11.3 Å². The summed E-state index contributed by atoms with van der Waals surface area (Å²) in [7, 11) is 0. The Hall–Kier alpha value is -3.58. The predicted molar refractivity (Wildman–Crippen MR) is 124 cm³/mol. The zero-order valence-corrected chi connectivity index (χ0v) is 18.4. The van der Waals surface area contributed by atoms with Gasteiger partial charge in [-0.3, -0.25) is 14.6 Å². The van der Waals surface area contributed by atoms with Crippen LogP contribution in [0, 0.1) is 0 Å². The molecule has 2 N–H and O–H groups in total. The summed E-state index contributed by atoms with van der Waals surface area (Å²) in [6, 6.07) is 15.0. The van der Waals surface area contributed by atoms with Crippen LogP contribution in [0.2, 0.25) is 0 Å². The van der Waals surface area contributed by atoms with Gasteiger partial charge in [0.2, 0.25) is 0 Å². The Morgan fingerprint density at radius 2 is 1.88 bits per heavy atom. The van der Waals surface area contributed by atoms with Crippen molar-refractivity contribution in [1.29, 1.82) is 0 Å². The van der Waals surface area contributed by atoms with Crippen LogP contribution in [0.15, 0.2) is 88.8 Å². The van der Waals surface area contributed by atoms with Crippen LogP contribution in [0.25, 0.3) is 0 Å². The van der Waals surface area contributed by atoms with Crippen molar-refractivity contribution in [2.24, 2.45) is 0 Å². The average molecular weight is 443 g/mol. The Bertz CT molecular complexity index is 1220. The monoisotopic (exact) mass is 442 g/mol. The summed E-state index contributed by atoms with van der Waals surface area (Å²) in [5, 5.41) is 8.31. The third kappa shape index (κ3) is 3.76.